The number of pyridine rings is 1. The molecule has 6 heteroatoms. The number of para-hydroxylation sites is 1. The average Bonchev–Trinajstić information content (AvgIpc) is 2.81. The van der Waals surface area contributed by atoms with Gasteiger partial charge in [0.2, 0.25) is 0 Å². The number of nitrogens with zero attached hydrogens (tertiary/aromatic N) is 1. The number of rotatable bonds is 6. The Morgan fingerprint density at radius 2 is 1.68 bits per heavy atom. The topological polar surface area (TPSA) is 68.3 Å². The van der Waals surface area contributed by atoms with Gasteiger partial charge in [0.1, 0.15) is 0 Å². The second-order valence-corrected chi connectivity index (χ2v) is 7.84. The largest absolute Gasteiger partial charge is 0.452 e. The molecule has 1 aromatic heterocycles. The van der Waals surface area contributed by atoms with E-state index in [1.54, 1.807) is 6.07 Å². The van der Waals surface area contributed by atoms with Crippen LogP contribution in [0.4, 0.5) is 0 Å². The first kappa shape index (κ1) is 20.8. The highest BCUT2D eigenvalue weighted by Gasteiger charge is 2.16. The lowest BCUT2D eigenvalue weighted by Gasteiger charge is -2.11. The Morgan fingerprint density at radius 1 is 0.903 bits per heavy atom. The number of carbonyl (C=O) groups excluding carboxylic acids is 2. The lowest BCUT2D eigenvalue weighted by atomic mass is 10.0. The van der Waals surface area contributed by atoms with Crippen LogP contribution in [0.1, 0.15) is 15.9 Å². The van der Waals surface area contributed by atoms with Gasteiger partial charge in [-0.1, -0.05) is 76.6 Å². The zero-order chi connectivity index (χ0) is 21.6. The van der Waals surface area contributed by atoms with Gasteiger partial charge >= 0.3 is 5.97 Å². The molecule has 154 valence electrons. The van der Waals surface area contributed by atoms with E-state index in [4.69, 9.17) is 4.74 Å². The smallest absolute Gasteiger partial charge is 0.339 e. The van der Waals surface area contributed by atoms with Crippen LogP contribution in [0.25, 0.3) is 22.2 Å². The standard InChI is InChI=1S/C25H19BrN2O3/c26-19-10-6-9-18(13-19)23-14-21(20-11-4-5-12-22(20)28-23)25(30)31-16-24(29)27-15-17-7-2-1-3-8-17/h1-14H,15-16H2,(H,27,29). The maximum atomic E-state index is 12.8. The highest BCUT2D eigenvalue weighted by atomic mass is 79.9. The van der Waals surface area contributed by atoms with Crippen LogP contribution in [0.3, 0.4) is 0 Å². The minimum absolute atomic E-state index is 0.353. The first-order chi connectivity index (χ1) is 15.1. The van der Waals surface area contributed by atoms with E-state index in [2.05, 4.69) is 26.2 Å². The van der Waals surface area contributed by atoms with E-state index in [1.807, 2.05) is 78.9 Å². The number of halogens is 1. The first-order valence-corrected chi connectivity index (χ1v) is 10.5. The van der Waals surface area contributed by atoms with Crippen LogP contribution in [0, 0.1) is 0 Å². The average molecular weight is 475 g/mol. The van der Waals surface area contributed by atoms with Crippen molar-refractivity contribution in [3.63, 3.8) is 0 Å². The maximum Gasteiger partial charge on any atom is 0.339 e. The fraction of sp³-hybridized carbons (Fsp3) is 0.0800. The fourth-order valence-electron chi connectivity index (χ4n) is 3.20. The number of hydrogen-bond acceptors (Lipinski definition) is 4. The molecule has 0 aliphatic carbocycles. The Labute approximate surface area is 188 Å². The van der Waals surface area contributed by atoms with E-state index < -0.39 is 5.97 Å². The highest BCUT2D eigenvalue weighted by Crippen LogP contribution is 2.27. The van der Waals surface area contributed by atoms with Crippen molar-refractivity contribution in [1.82, 2.24) is 10.3 Å². The molecule has 0 saturated carbocycles. The van der Waals surface area contributed by atoms with Crippen molar-refractivity contribution in [3.05, 3.63) is 101 Å². The Morgan fingerprint density at radius 3 is 2.48 bits per heavy atom. The van der Waals surface area contributed by atoms with Gasteiger partial charge in [0, 0.05) is 22.0 Å². The summed E-state index contributed by atoms with van der Waals surface area (Å²) in [4.78, 5) is 29.7. The van der Waals surface area contributed by atoms with Crippen LogP contribution in [-0.2, 0) is 16.1 Å². The third kappa shape index (κ3) is 5.16. The second-order valence-electron chi connectivity index (χ2n) is 6.92. The van der Waals surface area contributed by atoms with Crippen molar-refractivity contribution in [2.75, 3.05) is 6.61 Å². The number of nitrogens with one attached hydrogen (secondary N) is 1. The van der Waals surface area contributed by atoms with Gasteiger partial charge in [-0.3, -0.25) is 4.79 Å². The lowest BCUT2D eigenvalue weighted by Crippen LogP contribution is -2.28. The van der Waals surface area contributed by atoms with Crippen molar-refractivity contribution in [2.45, 2.75) is 6.54 Å². The van der Waals surface area contributed by atoms with Gasteiger partial charge in [0.15, 0.2) is 6.61 Å². The van der Waals surface area contributed by atoms with Crippen molar-refractivity contribution >= 4 is 38.7 Å². The molecule has 5 nitrogen and oxygen atoms in total. The van der Waals surface area contributed by atoms with Crippen molar-refractivity contribution in [2.24, 2.45) is 0 Å². The molecule has 1 amide bonds. The predicted octanol–water partition coefficient (Wildman–Crippen LogP) is 5.14. The Balaban J connectivity index is 1.52. The molecule has 4 rings (SSSR count). The van der Waals surface area contributed by atoms with Gasteiger partial charge < -0.3 is 10.1 Å². The molecule has 0 aliphatic rings. The number of fused-ring (bicyclic) bond motifs is 1. The van der Waals surface area contributed by atoms with Crippen LogP contribution < -0.4 is 5.32 Å². The molecule has 0 radical (unpaired) electrons. The molecule has 3 aromatic carbocycles. The molecule has 0 saturated heterocycles. The van der Waals surface area contributed by atoms with Crippen LogP contribution >= 0.6 is 15.9 Å². The zero-order valence-electron chi connectivity index (χ0n) is 16.5. The van der Waals surface area contributed by atoms with Gasteiger partial charge in [-0.15, -0.1) is 0 Å². The number of ether oxygens (including phenoxy) is 1. The summed E-state index contributed by atoms with van der Waals surface area (Å²) in [6.07, 6.45) is 0. The Kier molecular flexibility index (Phi) is 6.38. The molecule has 31 heavy (non-hydrogen) atoms. The number of amides is 1. The third-order valence-electron chi connectivity index (χ3n) is 4.72. The van der Waals surface area contributed by atoms with Gasteiger partial charge in [-0.05, 0) is 29.8 Å². The highest BCUT2D eigenvalue weighted by molar-refractivity contribution is 9.10. The molecule has 1 heterocycles. The molecule has 0 unspecified atom stereocenters. The summed E-state index contributed by atoms with van der Waals surface area (Å²) in [5, 5.41) is 3.43. The molecule has 4 aromatic rings. The van der Waals surface area contributed by atoms with E-state index in [1.165, 1.54) is 0 Å². The van der Waals surface area contributed by atoms with Gasteiger partial charge in [0.25, 0.3) is 5.91 Å². The summed E-state index contributed by atoms with van der Waals surface area (Å²) >= 11 is 3.47. The quantitative estimate of drug-likeness (QED) is 0.393. The van der Waals surface area contributed by atoms with E-state index in [0.717, 1.165) is 15.6 Å². The van der Waals surface area contributed by atoms with Gasteiger partial charge in [0.05, 0.1) is 16.8 Å². The summed E-state index contributed by atoms with van der Waals surface area (Å²) in [7, 11) is 0. The SMILES string of the molecule is O=C(COC(=O)c1cc(-c2cccc(Br)c2)nc2ccccc12)NCc1ccccc1. The monoisotopic (exact) mass is 474 g/mol. The van der Waals surface area contributed by atoms with Gasteiger partial charge in [-0.2, -0.15) is 0 Å². The summed E-state index contributed by atoms with van der Waals surface area (Å²) < 4.78 is 6.23. The van der Waals surface area contributed by atoms with Crippen molar-refractivity contribution in [3.8, 4) is 11.3 Å². The van der Waals surface area contributed by atoms with E-state index >= 15 is 0 Å². The number of hydrogen-bond donors (Lipinski definition) is 1. The molecule has 0 bridgehead atoms. The predicted molar refractivity (Wildman–Crippen MR) is 123 cm³/mol. The van der Waals surface area contributed by atoms with E-state index in [9.17, 15) is 9.59 Å². The molecule has 0 aliphatic heterocycles. The molecule has 0 atom stereocenters. The first-order valence-electron chi connectivity index (χ1n) is 9.73. The van der Waals surface area contributed by atoms with Crippen LogP contribution in [0.15, 0.2) is 89.4 Å². The fourth-order valence-corrected chi connectivity index (χ4v) is 3.60. The molecular weight excluding hydrogens is 456 g/mol. The number of esters is 1. The number of benzene rings is 3. The summed E-state index contributed by atoms with van der Waals surface area (Å²) in [6.45, 7) is 0.0248. The maximum absolute atomic E-state index is 12.8. The van der Waals surface area contributed by atoms with Crippen molar-refractivity contribution < 1.29 is 14.3 Å². The minimum Gasteiger partial charge on any atom is -0.452 e. The summed E-state index contributed by atoms with van der Waals surface area (Å²) in [5.74, 6) is -0.924. The van der Waals surface area contributed by atoms with Crippen molar-refractivity contribution in [1.29, 1.82) is 0 Å². The zero-order valence-corrected chi connectivity index (χ0v) is 18.1. The lowest BCUT2D eigenvalue weighted by molar-refractivity contribution is -0.124. The third-order valence-corrected chi connectivity index (χ3v) is 5.22. The molecule has 1 N–H and O–H groups in total. The van der Waals surface area contributed by atoms with E-state index in [0.29, 0.717) is 28.7 Å². The minimum atomic E-state index is -0.565. The number of aromatic nitrogens is 1. The summed E-state index contributed by atoms with van der Waals surface area (Å²) in [6, 6.07) is 26.3. The number of carbonyl (C=O) groups is 2. The molecular formula is C25H19BrN2O3. The molecule has 0 spiro atoms. The van der Waals surface area contributed by atoms with E-state index in [-0.39, 0.29) is 12.5 Å². The van der Waals surface area contributed by atoms with Crippen LogP contribution in [0.2, 0.25) is 0 Å². The Bertz CT molecular complexity index is 1240. The Hall–Kier alpha value is -3.51. The van der Waals surface area contributed by atoms with Crippen LogP contribution in [-0.4, -0.2) is 23.5 Å². The molecule has 0 fully saturated rings. The van der Waals surface area contributed by atoms with Crippen LogP contribution in [0.5, 0.6) is 0 Å². The van der Waals surface area contributed by atoms with Gasteiger partial charge in [-0.25, -0.2) is 9.78 Å². The normalized spacial score (nSPS) is 10.6. The second kappa shape index (κ2) is 9.53. The summed E-state index contributed by atoms with van der Waals surface area (Å²) in [5.41, 5.74) is 3.55.